The fraction of sp³-hybridized carbons (Fsp3) is 0.625. The smallest absolute Gasteiger partial charge is 0.144 e. The Balaban J connectivity index is 1.90. The van der Waals surface area contributed by atoms with Gasteiger partial charge in [0.1, 0.15) is 18.0 Å². The normalized spacial score (nSPS) is 18.6. The first-order chi connectivity index (χ1) is 9.90. The first kappa shape index (κ1) is 13.6. The van der Waals surface area contributed by atoms with Crippen LogP contribution < -0.4 is 19.9 Å². The van der Waals surface area contributed by atoms with Crippen molar-refractivity contribution < 1.29 is 4.74 Å². The van der Waals surface area contributed by atoms with Gasteiger partial charge in [0.25, 0.3) is 0 Å². The monoisotopic (exact) mass is 275 g/mol. The summed E-state index contributed by atoms with van der Waals surface area (Å²) in [6.07, 6.45) is 2.48. The van der Waals surface area contributed by atoms with Crippen molar-refractivity contribution >= 4 is 11.4 Å². The van der Waals surface area contributed by atoms with E-state index in [1.807, 2.05) is 0 Å². The Bertz CT molecular complexity index is 443. The molecule has 0 amide bonds. The number of nitrogens with one attached hydrogen (secondary N) is 1. The van der Waals surface area contributed by atoms with Crippen LogP contribution in [0, 0.1) is 0 Å². The van der Waals surface area contributed by atoms with Gasteiger partial charge in [-0.2, -0.15) is 0 Å². The largest absolute Gasteiger partial charge is 0.489 e. The Morgan fingerprint density at radius 1 is 1.20 bits per heavy atom. The van der Waals surface area contributed by atoms with E-state index in [1.165, 1.54) is 24.2 Å². The van der Waals surface area contributed by atoms with Crippen LogP contribution in [0.4, 0.5) is 11.4 Å². The van der Waals surface area contributed by atoms with Gasteiger partial charge >= 0.3 is 0 Å². The highest BCUT2D eigenvalue weighted by Gasteiger charge is 2.24. The second kappa shape index (κ2) is 6.35. The van der Waals surface area contributed by atoms with Crippen molar-refractivity contribution in [1.82, 2.24) is 5.32 Å². The molecule has 0 spiro atoms. The van der Waals surface area contributed by atoms with Crippen LogP contribution in [-0.2, 0) is 0 Å². The van der Waals surface area contributed by atoms with Crippen LogP contribution in [0.5, 0.6) is 5.75 Å². The van der Waals surface area contributed by atoms with Crippen molar-refractivity contribution in [3.8, 4) is 5.75 Å². The third kappa shape index (κ3) is 2.70. The summed E-state index contributed by atoms with van der Waals surface area (Å²) in [6.45, 7) is 9.51. The topological polar surface area (TPSA) is 27.7 Å². The van der Waals surface area contributed by atoms with Gasteiger partial charge in [0, 0.05) is 32.7 Å². The van der Waals surface area contributed by atoms with Crippen molar-refractivity contribution in [3.63, 3.8) is 0 Å². The van der Waals surface area contributed by atoms with E-state index in [-0.39, 0.29) is 0 Å². The SMILES string of the molecule is CCCCN1CCOc2cccc(N3CCNCC3)c21. The number of piperazine rings is 1. The second-order valence-corrected chi connectivity index (χ2v) is 5.55. The molecular weight excluding hydrogens is 250 g/mol. The predicted octanol–water partition coefficient (Wildman–Crippen LogP) is 2.10. The van der Waals surface area contributed by atoms with Crippen LogP contribution in [0.3, 0.4) is 0 Å². The number of hydrogen-bond donors (Lipinski definition) is 1. The number of para-hydroxylation sites is 1. The lowest BCUT2D eigenvalue weighted by Crippen LogP contribution is -2.44. The van der Waals surface area contributed by atoms with Crippen LogP contribution in [0.15, 0.2) is 18.2 Å². The minimum absolute atomic E-state index is 0.807. The minimum Gasteiger partial charge on any atom is -0.489 e. The maximum absolute atomic E-state index is 5.88. The van der Waals surface area contributed by atoms with Gasteiger partial charge in [-0.05, 0) is 18.6 Å². The highest BCUT2D eigenvalue weighted by atomic mass is 16.5. The minimum atomic E-state index is 0.807. The van der Waals surface area contributed by atoms with Crippen LogP contribution in [-0.4, -0.2) is 45.9 Å². The lowest BCUT2D eigenvalue weighted by atomic mass is 10.1. The number of fused-ring (bicyclic) bond motifs is 1. The molecule has 4 nitrogen and oxygen atoms in total. The van der Waals surface area contributed by atoms with Crippen LogP contribution in [0.1, 0.15) is 19.8 Å². The van der Waals surface area contributed by atoms with Crippen molar-refractivity contribution in [2.24, 2.45) is 0 Å². The molecule has 0 saturated carbocycles. The molecule has 0 unspecified atom stereocenters. The van der Waals surface area contributed by atoms with Crippen molar-refractivity contribution in [3.05, 3.63) is 18.2 Å². The van der Waals surface area contributed by atoms with E-state index in [0.29, 0.717) is 0 Å². The molecule has 20 heavy (non-hydrogen) atoms. The van der Waals surface area contributed by atoms with Crippen LogP contribution in [0.2, 0.25) is 0 Å². The van der Waals surface area contributed by atoms with Gasteiger partial charge in [-0.1, -0.05) is 19.4 Å². The molecular formula is C16H25N3O. The average molecular weight is 275 g/mol. The zero-order valence-electron chi connectivity index (χ0n) is 12.4. The zero-order chi connectivity index (χ0) is 13.8. The molecule has 1 aromatic rings. The average Bonchev–Trinajstić information content (AvgIpc) is 2.53. The Hall–Kier alpha value is -1.42. The summed E-state index contributed by atoms with van der Waals surface area (Å²) in [4.78, 5) is 5.00. The Morgan fingerprint density at radius 2 is 2.05 bits per heavy atom. The number of rotatable bonds is 4. The summed E-state index contributed by atoms with van der Waals surface area (Å²) in [5, 5.41) is 3.42. The summed E-state index contributed by atoms with van der Waals surface area (Å²) in [5.74, 6) is 1.06. The summed E-state index contributed by atoms with van der Waals surface area (Å²) >= 11 is 0. The first-order valence-corrected chi connectivity index (χ1v) is 7.86. The molecule has 0 atom stereocenters. The van der Waals surface area contributed by atoms with E-state index in [0.717, 1.165) is 51.6 Å². The molecule has 0 bridgehead atoms. The van der Waals surface area contributed by atoms with E-state index < -0.39 is 0 Å². The molecule has 1 N–H and O–H groups in total. The molecule has 110 valence electrons. The van der Waals surface area contributed by atoms with E-state index >= 15 is 0 Å². The Morgan fingerprint density at radius 3 is 2.85 bits per heavy atom. The number of nitrogens with zero attached hydrogens (tertiary/aromatic N) is 2. The highest BCUT2D eigenvalue weighted by Crippen LogP contribution is 2.40. The number of anilines is 2. The summed E-state index contributed by atoms with van der Waals surface area (Å²) in [5.41, 5.74) is 2.66. The van der Waals surface area contributed by atoms with Gasteiger partial charge in [0.15, 0.2) is 0 Å². The molecule has 0 aliphatic carbocycles. The summed E-state index contributed by atoms with van der Waals surface area (Å²) in [6, 6.07) is 6.48. The summed E-state index contributed by atoms with van der Waals surface area (Å²) in [7, 11) is 0. The standard InChI is InChI=1S/C16H25N3O/c1-2-3-9-19-12-13-20-15-6-4-5-14(16(15)19)18-10-7-17-8-11-18/h4-6,17H,2-3,7-13H2,1H3. The lowest BCUT2D eigenvalue weighted by molar-refractivity contribution is 0.307. The maximum atomic E-state index is 5.88. The van der Waals surface area contributed by atoms with E-state index in [9.17, 15) is 0 Å². The predicted molar refractivity (Wildman–Crippen MR) is 84.1 cm³/mol. The van der Waals surface area contributed by atoms with E-state index in [2.05, 4.69) is 40.2 Å². The number of ether oxygens (including phenoxy) is 1. The number of unbranched alkanes of at least 4 members (excludes halogenated alkanes) is 1. The molecule has 2 aliphatic rings. The van der Waals surface area contributed by atoms with Gasteiger partial charge in [-0.3, -0.25) is 0 Å². The molecule has 1 aromatic carbocycles. The Kier molecular flexibility index (Phi) is 4.31. The quantitative estimate of drug-likeness (QED) is 0.910. The third-order valence-electron chi connectivity index (χ3n) is 4.15. The molecule has 0 aromatic heterocycles. The third-order valence-corrected chi connectivity index (χ3v) is 4.15. The van der Waals surface area contributed by atoms with Crippen LogP contribution >= 0.6 is 0 Å². The van der Waals surface area contributed by atoms with Gasteiger partial charge in [-0.25, -0.2) is 0 Å². The van der Waals surface area contributed by atoms with E-state index in [1.54, 1.807) is 0 Å². The van der Waals surface area contributed by atoms with Gasteiger partial charge in [0.05, 0.1) is 12.2 Å². The molecule has 1 saturated heterocycles. The molecule has 2 aliphatic heterocycles. The molecule has 1 fully saturated rings. The van der Waals surface area contributed by atoms with Crippen LogP contribution in [0.25, 0.3) is 0 Å². The van der Waals surface area contributed by atoms with E-state index in [4.69, 9.17) is 4.74 Å². The van der Waals surface area contributed by atoms with Gasteiger partial charge in [0.2, 0.25) is 0 Å². The molecule has 3 rings (SSSR count). The Labute approximate surface area is 121 Å². The van der Waals surface area contributed by atoms with Gasteiger partial charge in [-0.15, -0.1) is 0 Å². The number of hydrogen-bond acceptors (Lipinski definition) is 4. The zero-order valence-corrected chi connectivity index (χ0v) is 12.4. The lowest BCUT2D eigenvalue weighted by Gasteiger charge is -2.38. The molecule has 4 heteroatoms. The molecule has 2 heterocycles. The van der Waals surface area contributed by atoms with Crippen molar-refractivity contribution in [1.29, 1.82) is 0 Å². The van der Waals surface area contributed by atoms with Crippen molar-refractivity contribution in [2.45, 2.75) is 19.8 Å². The fourth-order valence-electron chi connectivity index (χ4n) is 3.06. The highest BCUT2D eigenvalue weighted by molar-refractivity contribution is 5.78. The van der Waals surface area contributed by atoms with Crippen molar-refractivity contribution in [2.75, 3.05) is 55.7 Å². The fourth-order valence-corrected chi connectivity index (χ4v) is 3.06. The molecule has 0 radical (unpaired) electrons. The summed E-state index contributed by atoms with van der Waals surface area (Å²) < 4.78 is 5.88. The maximum Gasteiger partial charge on any atom is 0.144 e. The number of benzene rings is 1. The first-order valence-electron chi connectivity index (χ1n) is 7.86. The second-order valence-electron chi connectivity index (χ2n) is 5.55. The van der Waals surface area contributed by atoms with Gasteiger partial charge < -0.3 is 19.9 Å².